The molecule has 65 heavy (non-hydrogen) atoms. The highest BCUT2D eigenvalue weighted by atomic mass is 19.4. The van der Waals surface area contributed by atoms with Crippen LogP contribution >= 0.6 is 0 Å². The number of nitrogens with zero attached hydrogens (tertiary/aromatic N) is 8. The Morgan fingerprint density at radius 2 is 1.68 bits per heavy atom. The van der Waals surface area contributed by atoms with Crippen molar-refractivity contribution in [2.45, 2.75) is 83.3 Å². The van der Waals surface area contributed by atoms with Crippen molar-refractivity contribution >= 4 is 33.8 Å². The lowest BCUT2D eigenvalue weighted by Gasteiger charge is -2.31. The summed E-state index contributed by atoms with van der Waals surface area (Å²) in [6.07, 6.45) is 1.61. The van der Waals surface area contributed by atoms with Crippen LogP contribution in [0.1, 0.15) is 70.5 Å². The highest BCUT2D eigenvalue weighted by Gasteiger charge is 2.62. The molecule has 3 atom stereocenters. The van der Waals surface area contributed by atoms with E-state index in [0.717, 1.165) is 28.4 Å². The van der Waals surface area contributed by atoms with Crippen LogP contribution in [0.3, 0.4) is 0 Å². The number of alkyl halides is 3. The third-order valence-corrected chi connectivity index (χ3v) is 13.7. The van der Waals surface area contributed by atoms with E-state index in [1.54, 1.807) is 60.1 Å². The molecule has 336 valence electrons. The van der Waals surface area contributed by atoms with Crippen molar-refractivity contribution in [2.24, 2.45) is 5.92 Å². The Kier molecular flexibility index (Phi) is 9.41. The minimum atomic E-state index is -4.47. The number of amides is 2. The molecule has 3 aliphatic heterocycles. The van der Waals surface area contributed by atoms with Crippen LogP contribution in [-0.2, 0) is 34.6 Å². The second-order valence-electron chi connectivity index (χ2n) is 17.8. The van der Waals surface area contributed by atoms with Gasteiger partial charge >= 0.3 is 18.0 Å². The first kappa shape index (κ1) is 41.0. The Hall–Kier alpha value is -6.73. The van der Waals surface area contributed by atoms with Crippen LogP contribution in [-0.4, -0.2) is 82.3 Å². The number of rotatable bonds is 8. The zero-order valence-electron chi connectivity index (χ0n) is 35.7. The number of ether oxygens (including phenoxy) is 1. The fourth-order valence-electron chi connectivity index (χ4n) is 10.3. The summed E-state index contributed by atoms with van der Waals surface area (Å²) in [7, 11) is 0. The Morgan fingerprint density at radius 3 is 2.38 bits per heavy atom. The number of nitrogens with one attached hydrogen (secondary N) is 2. The number of aromatic nitrogens is 7. The molecule has 0 bridgehead atoms. The summed E-state index contributed by atoms with van der Waals surface area (Å²) in [6.45, 7) is 5.89. The molecule has 19 heteroatoms. The number of halogens is 4. The average Bonchev–Trinajstić information content (AvgIpc) is 3.92. The molecule has 4 aliphatic rings. The van der Waals surface area contributed by atoms with Gasteiger partial charge in [0.2, 0.25) is 0 Å². The van der Waals surface area contributed by atoms with Crippen LogP contribution in [0.15, 0.2) is 78.0 Å². The van der Waals surface area contributed by atoms with Gasteiger partial charge in [0.05, 0.1) is 40.9 Å². The van der Waals surface area contributed by atoms with Gasteiger partial charge in [-0.3, -0.25) is 23.9 Å². The summed E-state index contributed by atoms with van der Waals surface area (Å²) < 4.78 is 67.8. The molecule has 0 spiro atoms. The molecule has 3 fully saturated rings. The van der Waals surface area contributed by atoms with Gasteiger partial charge in [0.1, 0.15) is 30.0 Å². The van der Waals surface area contributed by atoms with Crippen LogP contribution in [0, 0.1) is 25.6 Å². The molecule has 1 saturated carbocycles. The fraction of sp³-hybridized carbons (Fsp3) is 0.370. The highest BCUT2D eigenvalue weighted by Crippen LogP contribution is 2.55. The number of fused-ring (bicyclic) bond motifs is 3. The minimum absolute atomic E-state index is 0.0624. The highest BCUT2D eigenvalue weighted by molar-refractivity contribution is 5.99. The summed E-state index contributed by atoms with van der Waals surface area (Å²) in [5.74, 6) is 0.126. The van der Waals surface area contributed by atoms with Crippen molar-refractivity contribution in [1.82, 2.24) is 49.0 Å². The summed E-state index contributed by atoms with van der Waals surface area (Å²) in [6, 6.07) is 16.2. The maximum Gasteiger partial charge on any atom is 0.427 e. The zero-order chi connectivity index (χ0) is 45.1. The molecule has 2 N–H and O–H groups in total. The second-order valence-corrected chi connectivity index (χ2v) is 17.8. The van der Waals surface area contributed by atoms with Crippen LogP contribution in [0.2, 0.25) is 0 Å². The number of hydroxylamine groups is 1. The summed E-state index contributed by atoms with van der Waals surface area (Å²) in [4.78, 5) is 49.2. The van der Waals surface area contributed by atoms with Gasteiger partial charge in [-0.2, -0.15) is 23.4 Å². The number of carbonyl (C=O) groups is 2. The lowest BCUT2D eigenvalue weighted by molar-refractivity contribution is -0.141. The Morgan fingerprint density at radius 1 is 0.938 bits per heavy atom. The maximum absolute atomic E-state index is 15.3. The quantitative estimate of drug-likeness (QED) is 0.158. The zero-order valence-corrected chi connectivity index (χ0v) is 35.7. The molecule has 11 rings (SSSR count). The van der Waals surface area contributed by atoms with Crippen molar-refractivity contribution in [3.63, 3.8) is 0 Å². The van der Waals surface area contributed by atoms with E-state index in [2.05, 4.69) is 45.6 Å². The summed E-state index contributed by atoms with van der Waals surface area (Å²) >= 11 is 0. The van der Waals surface area contributed by atoms with E-state index in [1.165, 1.54) is 27.0 Å². The molecule has 4 aromatic heterocycles. The van der Waals surface area contributed by atoms with Crippen molar-refractivity contribution in [2.75, 3.05) is 19.8 Å². The molecule has 2 saturated heterocycles. The molecule has 3 aromatic carbocycles. The van der Waals surface area contributed by atoms with Crippen LogP contribution in [0.25, 0.3) is 39.0 Å². The lowest BCUT2D eigenvalue weighted by atomic mass is 9.91. The standard InChI is InChI=1S/C46H44F4N10O5/c1-25-16-33(17-26(2)39(25)47)60-40(57-13-12-56(44(57)63)32-5-7-36-31(19-32)22-51-58(36)24-46(48,49)50)34-23-55(11-8-35(34)53-60)41(61)38-20-30-18-29(28-9-14-64-15-10-28)4-6-37(30)59(38)45(21-27(45)3)42-52-43(62)65-54-42/h4-7,12-13,16-20,22,27-28,42,54H,8-11,14-15,21,23-24H2,1-3H3,(H,52,62)/t27-,42?,45-/m0/s1. The fourth-order valence-corrected chi connectivity index (χ4v) is 10.3. The van der Waals surface area contributed by atoms with Crippen LogP contribution in [0.4, 0.5) is 22.4 Å². The molecule has 15 nitrogen and oxygen atoms in total. The number of hydrogen-bond acceptors (Lipinski definition) is 8. The van der Waals surface area contributed by atoms with Gasteiger partial charge in [-0.25, -0.2) is 18.7 Å². The van der Waals surface area contributed by atoms with Gasteiger partial charge in [-0.15, -0.1) is 5.48 Å². The van der Waals surface area contributed by atoms with E-state index < -0.39 is 36.2 Å². The molecule has 0 radical (unpaired) electrons. The Balaban J connectivity index is 1.01. The molecule has 7 heterocycles. The number of benzene rings is 3. The van der Waals surface area contributed by atoms with E-state index in [0.29, 0.717) is 89.2 Å². The first-order valence-corrected chi connectivity index (χ1v) is 21.7. The molecular weight excluding hydrogens is 849 g/mol. The molecule has 2 amide bonds. The minimum Gasteiger partial charge on any atom is -0.381 e. The monoisotopic (exact) mass is 892 g/mol. The van der Waals surface area contributed by atoms with E-state index in [1.807, 2.05) is 6.07 Å². The lowest BCUT2D eigenvalue weighted by Crippen LogP contribution is -2.49. The van der Waals surface area contributed by atoms with E-state index in [4.69, 9.17) is 14.7 Å². The maximum atomic E-state index is 15.3. The number of aryl methyl sites for hydroxylation is 2. The molecule has 7 aromatic rings. The van der Waals surface area contributed by atoms with Crippen LogP contribution < -0.4 is 16.5 Å². The third kappa shape index (κ3) is 6.73. The third-order valence-electron chi connectivity index (χ3n) is 13.7. The molecule has 1 aliphatic carbocycles. The first-order valence-electron chi connectivity index (χ1n) is 21.7. The molecular formula is C46H44F4N10O5. The number of carbonyl (C=O) groups excluding carboxylic acids is 2. The summed E-state index contributed by atoms with van der Waals surface area (Å²) in [5, 5.41) is 13.2. The van der Waals surface area contributed by atoms with E-state index in [-0.39, 0.29) is 29.7 Å². The van der Waals surface area contributed by atoms with Gasteiger partial charge in [0.25, 0.3) is 5.91 Å². The summed E-state index contributed by atoms with van der Waals surface area (Å²) in [5.41, 5.74) is 7.32. The Bertz CT molecular complexity index is 3130. The number of hydrogen-bond donors (Lipinski definition) is 2. The van der Waals surface area contributed by atoms with Gasteiger partial charge in [-0.1, -0.05) is 13.0 Å². The molecule has 1 unspecified atom stereocenters. The first-order chi connectivity index (χ1) is 31.2. The SMILES string of the molecule is Cc1cc(-n2nc3c(c2-n2ccn(-c4ccc5c(cnn5CC(F)(F)F)c4)c2=O)CN(C(=O)c2cc4cc(C5CCOCC5)ccc4n2[C@@]2(C4NOC(=O)N4)C[C@@H]2C)CC3)cc(C)c1F. The second kappa shape index (κ2) is 14.9. The largest absolute Gasteiger partial charge is 0.427 e. The van der Waals surface area contributed by atoms with Gasteiger partial charge in [0, 0.05) is 60.4 Å². The average molecular weight is 893 g/mol. The van der Waals surface area contributed by atoms with Crippen molar-refractivity contribution in [1.29, 1.82) is 0 Å². The van der Waals surface area contributed by atoms with Crippen molar-refractivity contribution in [3.05, 3.63) is 123 Å². The van der Waals surface area contributed by atoms with Gasteiger partial charge < -0.3 is 19.0 Å². The predicted octanol–water partition coefficient (Wildman–Crippen LogP) is 6.83. The van der Waals surface area contributed by atoms with Crippen molar-refractivity contribution < 1.29 is 36.7 Å². The number of imidazole rings is 1. The van der Waals surface area contributed by atoms with Crippen LogP contribution in [0.5, 0.6) is 0 Å². The predicted molar refractivity (Wildman–Crippen MR) is 229 cm³/mol. The van der Waals surface area contributed by atoms with E-state index in [9.17, 15) is 22.8 Å². The topological polar surface area (TPSA) is 147 Å². The normalized spacial score (nSPS) is 21.3. The van der Waals surface area contributed by atoms with Gasteiger partial charge in [0.15, 0.2) is 0 Å². The smallest absolute Gasteiger partial charge is 0.381 e. The van der Waals surface area contributed by atoms with Crippen molar-refractivity contribution in [3.8, 4) is 17.2 Å². The Labute approximate surface area is 368 Å². The van der Waals surface area contributed by atoms with Gasteiger partial charge in [-0.05, 0) is 110 Å². The van der Waals surface area contributed by atoms with E-state index >= 15 is 9.18 Å².